The summed E-state index contributed by atoms with van der Waals surface area (Å²) in [6.07, 6.45) is 4.21. The second-order valence-electron chi connectivity index (χ2n) is 5.84. The number of carbonyl (C=O) groups is 2. The van der Waals surface area contributed by atoms with Gasteiger partial charge in [-0.05, 0) is 43.9 Å². The number of ether oxygens (including phenoxy) is 1. The molecule has 0 bridgehead atoms. The summed E-state index contributed by atoms with van der Waals surface area (Å²) in [4.78, 5) is 25.7. The van der Waals surface area contributed by atoms with Gasteiger partial charge in [-0.15, -0.1) is 0 Å². The molecule has 0 N–H and O–H groups in total. The molecule has 0 unspecified atom stereocenters. The van der Waals surface area contributed by atoms with Gasteiger partial charge in [0.2, 0.25) is 0 Å². The van der Waals surface area contributed by atoms with Crippen LogP contribution in [0.2, 0.25) is 5.02 Å². The number of hydrogen-bond donors (Lipinski definition) is 0. The fourth-order valence-electron chi connectivity index (χ4n) is 3.41. The lowest BCUT2D eigenvalue weighted by atomic mass is 9.89. The maximum Gasteiger partial charge on any atom is 0.256 e. The molecule has 1 aliphatic heterocycles. The maximum atomic E-state index is 12.9. The second kappa shape index (κ2) is 5.89. The largest absolute Gasteiger partial charge is 0.548 e. The van der Waals surface area contributed by atoms with Crippen molar-refractivity contribution in [3.63, 3.8) is 0 Å². The molecule has 1 amide bonds. The average Bonchev–Trinajstić information content (AvgIpc) is 2.86. The number of carbonyl (C=O) groups excluding carboxylic acids is 2. The lowest BCUT2D eigenvalue weighted by molar-refractivity contribution is -0.310. The third-order valence-electron chi connectivity index (χ3n) is 4.46. The molecule has 1 atom stereocenters. The Kier molecular flexibility index (Phi) is 4.10. The van der Waals surface area contributed by atoms with Crippen molar-refractivity contribution in [2.75, 3.05) is 6.61 Å². The molecule has 1 aromatic rings. The Morgan fingerprint density at radius 2 is 2.00 bits per heavy atom. The van der Waals surface area contributed by atoms with Gasteiger partial charge in [-0.3, -0.25) is 9.69 Å². The topological polar surface area (TPSA) is 69.7 Å². The standard InChI is InChI=1S/C16H18ClNO4/c17-12-6-4-5-11(9-12)14(19)18-13(15(20)21)10-22-16(18)7-2-1-3-8-16/h4-6,9,13H,1-3,7-8,10H2,(H,20,21)/p-1/t13-/m1/s1. The number of halogens is 1. The van der Waals surface area contributed by atoms with Gasteiger partial charge in [0, 0.05) is 10.6 Å². The summed E-state index contributed by atoms with van der Waals surface area (Å²) in [5, 5.41) is 11.9. The van der Waals surface area contributed by atoms with E-state index < -0.39 is 17.7 Å². The number of carboxylic acid groups (broad SMARTS) is 1. The Morgan fingerprint density at radius 1 is 1.27 bits per heavy atom. The zero-order valence-corrected chi connectivity index (χ0v) is 12.8. The molecule has 1 spiro atoms. The molecule has 22 heavy (non-hydrogen) atoms. The third kappa shape index (κ3) is 2.59. The molecule has 0 aromatic heterocycles. The highest BCUT2D eigenvalue weighted by atomic mass is 35.5. The van der Waals surface area contributed by atoms with E-state index in [0.29, 0.717) is 23.4 Å². The normalized spacial score (nSPS) is 23.7. The molecular formula is C16H17ClNO4-. The predicted octanol–water partition coefficient (Wildman–Crippen LogP) is 1.59. The van der Waals surface area contributed by atoms with Gasteiger partial charge in [0.25, 0.3) is 5.91 Å². The summed E-state index contributed by atoms with van der Waals surface area (Å²) in [6.45, 7) is -0.0192. The molecule has 6 heteroatoms. The SMILES string of the molecule is O=C([O-])[C@H]1COC2(CCCCC2)N1C(=O)c1cccc(Cl)c1. The minimum absolute atomic E-state index is 0.0192. The van der Waals surface area contributed by atoms with E-state index in [0.717, 1.165) is 19.3 Å². The van der Waals surface area contributed by atoms with Gasteiger partial charge in [-0.2, -0.15) is 0 Å². The summed E-state index contributed by atoms with van der Waals surface area (Å²) in [5.41, 5.74) is -0.447. The van der Waals surface area contributed by atoms with Crippen LogP contribution in [0.5, 0.6) is 0 Å². The Morgan fingerprint density at radius 3 is 2.64 bits per heavy atom. The minimum Gasteiger partial charge on any atom is -0.548 e. The minimum atomic E-state index is -1.28. The first kappa shape index (κ1) is 15.3. The van der Waals surface area contributed by atoms with E-state index in [1.165, 1.54) is 4.90 Å². The highest BCUT2D eigenvalue weighted by Gasteiger charge is 2.51. The quantitative estimate of drug-likeness (QED) is 0.829. The van der Waals surface area contributed by atoms with Crippen LogP contribution < -0.4 is 5.11 Å². The van der Waals surface area contributed by atoms with Gasteiger partial charge in [-0.1, -0.05) is 24.1 Å². The van der Waals surface area contributed by atoms with E-state index >= 15 is 0 Å². The molecule has 2 aliphatic rings. The van der Waals surface area contributed by atoms with Crippen LogP contribution in [0.15, 0.2) is 24.3 Å². The Labute approximate surface area is 133 Å². The van der Waals surface area contributed by atoms with E-state index in [1.807, 2.05) is 0 Å². The molecule has 1 saturated heterocycles. The number of nitrogens with zero attached hydrogens (tertiary/aromatic N) is 1. The highest BCUT2D eigenvalue weighted by molar-refractivity contribution is 6.31. The first-order valence-electron chi connectivity index (χ1n) is 7.47. The van der Waals surface area contributed by atoms with Gasteiger partial charge >= 0.3 is 0 Å². The summed E-state index contributed by atoms with van der Waals surface area (Å²) in [6, 6.07) is 5.48. The van der Waals surface area contributed by atoms with E-state index in [-0.39, 0.29) is 12.5 Å². The molecule has 3 rings (SSSR count). The van der Waals surface area contributed by atoms with Crippen LogP contribution in [0.25, 0.3) is 0 Å². The molecule has 1 heterocycles. The first-order chi connectivity index (χ1) is 10.5. The molecule has 0 radical (unpaired) electrons. The van der Waals surface area contributed by atoms with E-state index in [1.54, 1.807) is 24.3 Å². The Hall–Kier alpha value is -1.59. The fraction of sp³-hybridized carbons (Fsp3) is 0.500. The average molecular weight is 323 g/mol. The van der Waals surface area contributed by atoms with Crippen LogP contribution in [-0.4, -0.2) is 35.2 Å². The summed E-state index contributed by atoms with van der Waals surface area (Å²) in [7, 11) is 0. The van der Waals surface area contributed by atoms with Crippen LogP contribution in [0.4, 0.5) is 0 Å². The third-order valence-corrected chi connectivity index (χ3v) is 4.69. The number of hydrogen-bond acceptors (Lipinski definition) is 4. The molecule has 1 aromatic carbocycles. The van der Waals surface area contributed by atoms with Crippen LogP contribution >= 0.6 is 11.6 Å². The van der Waals surface area contributed by atoms with E-state index in [2.05, 4.69) is 0 Å². The van der Waals surface area contributed by atoms with Gasteiger partial charge in [0.1, 0.15) is 5.72 Å². The van der Waals surface area contributed by atoms with Crippen LogP contribution in [0, 0.1) is 0 Å². The summed E-state index contributed by atoms with van der Waals surface area (Å²) in [5.74, 6) is -1.64. The van der Waals surface area contributed by atoms with Crippen molar-refractivity contribution in [3.8, 4) is 0 Å². The van der Waals surface area contributed by atoms with Gasteiger partial charge in [0.15, 0.2) is 0 Å². The molecule has 2 fully saturated rings. The van der Waals surface area contributed by atoms with Crippen molar-refractivity contribution < 1.29 is 19.4 Å². The van der Waals surface area contributed by atoms with Gasteiger partial charge < -0.3 is 14.6 Å². The zero-order chi connectivity index (χ0) is 15.7. The number of aliphatic carboxylic acids is 1. The lowest BCUT2D eigenvalue weighted by Crippen LogP contribution is -2.57. The van der Waals surface area contributed by atoms with Crippen molar-refractivity contribution in [2.24, 2.45) is 0 Å². The van der Waals surface area contributed by atoms with Gasteiger partial charge in [-0.25, -0.2) is 0 Å². The lowest BCUT2D eigenvalue weighted by Gasteiger charge is -2.42. The fourth-order valence-corrected chi connectivity index (χ4v) is 3.60. The zero-order valence-electron chi connectivity index (χ0n) is 12.1. The number of benzene rings is 1. The molecule has 1 aliphatic carbocycles. The Bertz CT molecular complexity index is 598. The maximum absolute atomic E-state index is 12.9. The van der Waals surface area contributed by atoms with Crippen molar-refractivity contribution in [1.29, 1.82) is 0 Å². The second-order valence-corrected chi connectivity index (χ2v) is 6.27. The van der Waals surface area contributed by atoms with Crippen LogP contribution in [0.3, 0.4) is 0 Å². The summed E-state index contributed by atoms with van der Waals surface area (Å²) < 4.78 is 5.79. The van der Waals surface area contributed by atoms with Crippen LogP contribution in [0.1, 0.15) is 42.5 Å². The van der Waals surface area contributed by atoms with E-state index in [9.17, 15) is 14.7 Å². The van der Waals surface area contributed by atoms with Crippen molar-refractivity contribution in [3.05, 3.63) is 34.9 Å². The molecule has 1 saturated carbocycles. The van der Waals surface area contributed by atoms with Crippen molar-refractivity contribution in [1.82, 2.24) is 4.90 Å². The van der Waals surface area contributed by atoms with Gasteiger partial charge in [0.05, 0.1) is 18.6 Å². The number of rotatable bonds is 2. The first-order valence-corrected chi connectivity index (χ1v) is 7.85. The monoisotopic (exact) mass is 322 g/mol. The van der Waals surface area contributed by atoms with Crippen LogP contribution in [-0.2, 0) is 9.53 Å². The predicted molar refractivity (Wildman–Crippen MR) is 78.2 cm³/mol. The summed E-state index contributed by atoms with van der Waals surface area (Å²) >= 11 is 5.94. The van der Waals surface area contributed by atoms with Crippen molar-refractivity contribution >= 4 is 23.5 Å². The number of carboxylic acids is 1. The molecule has 118 valence electrons. The smallest absolute Gasteiger partial charge is 0.256 e. The highest BCUT2D eigenvalue weighted by Crippen LogP contribution is 2.41. The number of amides is 1. The van der Waals surface area contributed by atoms with Crippen molar-refractivity contribution in [2.45, 2.75) is 43.9 Å². The molecule has 5 nitrogen and oxygen atoms in total. The Balaban J connectivity index is 1.97. The molecular weight excluding hydrogens is 306 g/mol. The van der Waals surface area contributed by atoms with E-state index in [4.69, 9.17) is 16.3 Å².